The van der Waals surface area contributed by atoms with Gasteiger partial charge in [0.15, 0.2) is 6.04 Å². The third-order valence-electron chi connectivity index (χ3n) is 2.63. The number of morpholine rings is 1. The van der Waals surface area contributed by atoms with E-state index in [0.717, 1.165) is 4.90 Å². The zero-order valence-electron chi connectivity index (χ0n) is 10.2. The van der Waals surface area contributed by atoms with Gasteiger partial charge in [-0.15, -0.1) is 0 Å². The van der Waals surface area contributed by atoms with Crippen molar-refractivity contribution < 1.29 is 29.1 Å². The van der Waals surface area contributed by atoms with Crippen molar-refractivity contribution in [3.8, 4) is 0 Å². The summed E-state index contributed by atoms with van der Waals surface area (Å²) in [5.74, 6) is -1.70. The van der Waals surface area contributed by atoms with Crippen molar-refractivity contribution in [1.29, 1.82) is 0 Å². The maximum Gasteiger partial charge on any atom is 0.365 e. The van der Waals surface area contributed by atoms with Gasteiger partial charge in [-0.25, -0.2) is 4.79 Å². The van der Waals surface area contributed by atoms with E-state index >= 15 is 0 Å². The number of nitrogens with one attached hydrogen (secondary N) is 1. The summed E-state index contributed by atoms with van der Waals surface area (Å²) in [7, 11) is 0. The zero-order valence-corrected chi connectivity index (χ0v) is 10.2. The summed E-state index contributed by atoms with van der Waals surface area (Å²) in [5.41, 5.74) is 0. The van der Waals surface area contributed by atoms with E-state index in [4.69, 9.17) is 9.47 Å². The summed E-state index contributed by atoms with van der Waals surface area (Å²) in [5, 5.41) is 10.7. The highest BCUT2D eigenvalue weighted by molar-refractivity contribution is 5.80. The Kier molecular flexibility index (Phi) is 5.37. The van der Waals surface area contributed by atoms with Crippen LogP contribution in [0.25, 0.3) is 0 Å². The SMILES string of the molecule is CC(C)OC(=O)[C@H](CC(=O)[O-])[NH+]1CCOCC1. The molecule has 0 amide bonds. The maximum atomic E-state index is 11.8. The van der Waals surface area contributed by atoms with Gasteiger partial charge in [0.05, 0.1) is 25.7 Å². The number of hydrogen-bond acceptors (Lipinski definition) is 5. The molecular weight excluding hydrogens is 226 g/mol. The molecule has 1 heterocycles. The minimum absolute atomic E-state index is 0.243. The van der Waals surface area contributed by atoms with Gasteiger partial charge in [0.1, 0.15) is 13.1 Å². The van der Waals surface area contributed by atoms with Gasteiger partial charge in [-0.05, 0) is 13.8 Å². The zero-order chi connectivity index (χ0) is 12.8. The number of carboxylic acids is 1. The summed E-state index contributed by atoms with van der Waals surface area (Å²) in [6, 6.07) is -0.689. The summed E-state index contributed by atoms with van der Waals surface area (Å²) in [4.78, 5) is 23.4. The molecule has 6 heteroatoms. The Morgan fingerprint density at radius 1 is 1.35 bits per heavy atom. The van der Waals surface area contributed by atoms with Crippen LogP contribution in [0.5, 0.6) is 0 Å². The van der Waals surface area contributed by atoms with E-state index in [9.17, 15) is 14.7 Å². The second kappa shape index (κ2) is 6.56. The van der Waals surface area contributed by atoms with E-state index in [1.54, 1.807) is 13.8 Å². The van der Waals surface area contributed by atoms with Crippen molar-refractivity contribution >= 4 is 11.9 Å². The number of ether oxygens (including phenoxy) is 2. The second-order valence-corrected chi connectivity index (χ2v) is 4.38. The van der Waals surface area contributed by atoms with Crippen LogP contribution in [0.2, 0.25) is 0 Å². The highest BCUT2D eigenvalue weighted by Gasteiger charge is 2.33. The van der Waals surface area contributed by atoms with Gasteiger partial charge < -0.3 is 24.3 Å². The summed E-state index contributed by atoms with van der Waals surface area (Å²) < 4.78 is 10.3. The molecular formula is C11H19NO5. The van der Waals surface area contributed by atoms with E-state index < -0.39 is 18.0 Å². The first-order chi connectivity index (χ1) is 8.00. The largest absolute Gasteiger partial charge is 0.550 e. The lowest BCUT2D eigenvalue weighted by atomic mass is 10.1. The van der Waals surface area contributed by atoms with Crippen LogP contribution >= 0.6 is 0 Å². The lowest BCUT2D eigenvalue weighted by Gasteiger charge is -2.30. The lowest BCUT2D eigenvalue weighted by molar-refractivity contribution is -0.924. The van der Waals surface area contributed by atoms with E-state index in [2.05, 4.69) is 0 Å². The molecule has 6 nitrogen and oxygen atoms in total. The Morgan fingerprint density at radius 2 is 1.94 bits per heavy atom. The number of esters is 1. The fourth-order valence-electron chi connectivity index (χ4n) is 1.86. The first-order valence-corrected chi connectivity index (χ1v) is 5.83. The van der Waals surface area contributed by atoms with Crippen LogP contribution in [-0.4, -0.2) is 50.4 Å². The van der Waals surface area contributed by atoms with Crippen molar-refractivity contribution in [2.75, 3.05) is 26.3 Å². The molecule has 0 spiro atoms. The molecule has 17 heavy (non-hydrogen) atoms. The van der Waals surface area contributed by atoms with Crippen LogP contribution in [-0.2, 0) is 19.1 Å². The predicted molar refractivity (Wildman–Crippen MR) is 56.2 cm³/mol. The Morgan fingerprint density at radius 3 is 2.41 bits per heavy atom. The smallest absolute Gasteiger partial charge is 0.365 e. The van der Waals surface area contributed by atoms with Crippen molar-refractivity contribution in [2.24, 2.45) is 0 Å². The number of rotatable bonds is 5. The van der Waals surface area contributed by atoms with Crippen LogP contribution in [0.1, 0.15) is 20.3 Å². The van der Waals surface area contributed by atoms with Gasteiger partial charge >= 0.3 is 5.97 Å². The van der Waals surface area contributed by atoms with Crippen molar-refractivity contribution in [3.05, 3.63) is 0 Å². The predicted octanol–water partition coefficient (Wildman–Crippen LogP) is -2.64. The van der Waals surface area contributed by atoms with Crippen molar-refractivity contribution in [3.63, 3.8) is 0 Å². The van der Waals surface area contributed by atoms with E-state index in [1.165, 1.54) is 0 Å². The average Bonchev–Trinajstić information content (AvgIpc) is 2.25. The Bertz CT molecular complexity index is 273. The molecule has 1 aliphatic heterocycles. The standard InChI is InChI=1S/C11H19NO5/c1-8(2)17-11(15)9(7-10(13)14)12-3-5-16-6-4-12/h8-9H,3-7H2,1-2H3,(H,13,14)/t9-/m0/s1. The molecule has 0 saturated carbocycles. The van der Waals surface area contributed by atoms with Crippen molar-refractivity contribution in [2.45, 2.75) is 32.4 Å². The molecule has 0 aliphatic carbocycles. The third kappa shape index (κ3) is 4.70. The summed E-state index contributed by atoms with van der Waals surface area (Å²) >= 11 is 0. The molecule has 1 aliphatic rings. The number of carbonyl (C=O) groups is 2. The average molecular weight is 245 g/mol. The van der Waals surface area contributed by atoms with E-state index in [1.807, 2.05) is 0 Å². The molecule has 1 atom stereocenters. The Hall–Kier alpha value is -1.14. The van der Waals surface area contributed by atoms with Gasteiger partial charge in [0, 0.05) is 5.97 Å². The topological polar surface area (TPSA) is 80.1 Å². The van der Waals surface area contributed by atoms with Gasteiger partial charge in [-0.3, -0.25) is 0 Å². The summed E-state index contributed by atoms with van der Waals surface area (Å²) in [6.07, 6.45) is -0.548. The maximum absolute atomic E-state index is 11.8. The van der Waals surface area contributed by atoms with Crippen molar-refractivity contribution in [1.82, 2.24) is 0 Å². The molecule has 0 radical (unpaired) electrons. The fourth-order valence-corrected chi connectivity index (χ4v) is 1.86. The normalized spacial score (nSPS) is 19.0. The molecule has 1 N–H and O–H groups in total. The highest BCUT2D eigenvalue weighted by Crippen LogP contribution is 1.97. The van der Waals surface area contributed by atoms with Gasteiger partial charge in [0.25, 0.3) is 0 Å². The van der Waals surface area contributed by atoms with E-state index in [-0.39, 0.29) is 12.5 Å². The summed E-state index contributed by atoms with van der Waals surface area (Å²) in [6.45, 7) is 5.78. The Labute approximate surface area is 100 Å². The first-order valence-electron chi connectivity index (χ1n) is 5.83. The number of carboxylic acid groups (broad SMARTS) is 1. The molecule has 1 rings (SSSR count). The number of aliphatic carboxylic acids is 1. The van der Waals surface area contributed by atoms with Crippen LogP contribution in [0.4, 0.5) is 0 Å². The van der Waals surface area contributed by atoms with Gasteiger partial charge in [0.2, 0.25) is 0 Å². The van der Waals surface area contributed by atoms with Gasteiger partial charge in [-0.2, -0.15) is 0 Å². The van der Waals surface area contributed by atoms with Crippen LogP contribution in [0.15, 0.2) is 0 Å². The molecule has 0 aromatic heterocycles. The van der Waals surface area contributed by atoms with Gasteiger partial charge in [-0.1, -0.05) is 0 Å². The fraction of sp³-hybridized carbons (Fsp3) is 0.818. The minimum atomic E-state index is -1.23. The molecule has 0 bridgehead atoms. The second-order valence-electron chi connectivity index (χ2n) is 4.38. The molecule has 1 fully saturated rings. The van der Waals surface area contributed by atoms with Crippen LogP contribution < -0.4 is 10.0 Å². The number of hydrogen-bond donors (Lipinski definition) is 1. The molecule has 1 saturated heterocycles. The van der Waals surface area contributed by atoms with Crippen LogP contribution in [0.3, 0.4) is 0 Å². The molecule has 0 aromatic rings. The number of quaternary nitrogens is 1. The first kappa shape index (κ1) is 13.9. The third-order valence-corrected chi connectivity index (χ3v) is 2.63. The monoisotopic (exact) mass is 245 g/mol. The lowest BCUT2D eigenvalue weighted by Crippen LogP contribution is -3.18. The number of carbonyl (C=O) groups excluding carboxylic acids is 2. The molecule has 0 unspecified atom stereocenters. The minimum Gasteiger partial charge on any atom is -0.550 e. The van der Waals surface area contributed by atoms with E-state index in [0.29, 0.717) is 26.3 Å². The quantitative estimate of drug-likeness (QED) is 0.536. The molecule has 0 aromatic carbocycles. The Balaban J connectivity index is 2.64. The highest BCUT2D eigenvalue weighted by atomic mass is 16.5. The van der Waals surface area contributed by atoms with Crippen LogP contribution in [0, 0.1) is 0 Å². The molecule has 98 valence electrons.